The summed E-state index contributed by atoms with van der Waals surface area (Å²) in [4.78, 5) is 0. The van der Waals surface area contributed by atoms with Crippen LogP contribution < -0.4 is 0 Å². The molecule has 0 aliphatic rings. The van der Waals surface area contributed by atoms with E-state index in [1.54, 1.807) is 0 Å². The van der Waals surface area contributed by atoms with Gasteiger partial charge in [-0.25, -0.2) is 0 Å². The van der Waals surface area contributed by atoms with Crippen molar-refractivity contribution in [2.45, 2.75) is 32.8 Å². The highest BCUT2D eigenvalue weighted by Crippen LogP contribution is 2.24. The Bertz CT molecular complexity index is 327. The first kappa shape index (κ1) is 13.0. The van der Waals surface area contributed by atoms with Crippen LogP contribution in [0.4, 0.5) is 0 Å². The summed E-state index contributed by atoms with van der Waals surface area (Å²) in [7, 11) is 0. The van der Waals surface area contributed by atoms with Crippen molar-refractivity contribution in [3.05, 3.63) is 33.3 Å². The van der Waals surface area contributed by atoms with Gasteiger partial charge in [-0.15, -0.1) is 0 Å². The smallest absolute Gasteiger partial charge is 0.0566 e. The summed E-state index contributed by atoms with van der Waals surface area (Å²) in [6.45, 7) is 4.04. The van der Waals surface area contributed by atoms with E-state index in [1.807, 2.05) is 32.0 Å². The Morgan fingerprint density at radius 2 is 2.13 bits per heavy atom. The van der Waals surface area contributed by atoms with Crippen LogP contribution in [-0.2, 0) is 6.42 Å². The molecule has 0 amide bonds. The molecule has 15 heavy (non-hydrogen) atoms. The predicted octanol–water partition coefficient (Wildman–Crippen LogP) is 4.05. The van der Waals surface area contributed by atoms with Crippen LogP contribution in [0.5, 0.6) is 0 Å². The van der Waals surface area contributed by atoms with Crippen molar-refractivity contribution >= 4 is 27.5 Å². The first-order valence-electron chi connectivity index (χ1n) is 5.16. The van der Waals surface area contributed by atoms with Crippen LogP contribution in [0.3, 0.4) is 0 Å². The number of hydrogen-bond donors (Lipinski definition) is 1. The molecule has 0 saturated heterocycles. The zero-order valence-electron chi connectivity index (χ0n) is 9.00. The van der Waals surface area contributed by atoms with Gasteiger partial charge in [0.05, 0.1) is 6.10 Å². The average molecular weight is 292 g/mol. The van der Waals surface area contributed by atoms with Crippen molar-refractivity contribution < 1.29 is 5.11 Å². The Hall–Kier alpha value is -0.0500. The highest BCUT2D eigenvalue weighted by molar-refractivity contribution is 9.10. The van der Waals surface area contributed by atoms with Crippen molar-refractivity contribution in [3.8, 4) is 0 Å². The fourth-order valence-electron chi connectivity index (χ4n) is 1.57. The predicted molar refractivity (Wildman–Crippen MR) is 68.3 cm³/mol. The molecule has 0 heterocycles. The number of halogens is 2. The Labute approximate surface area is 105 Å². The molecule has 1 rings (SSSR count). The van der Waals surface area contributed by atoms with Gasteiger partial charge in [-0.2, -0.15) is 0 Å². The van der Waals surface area contributed by atoms with Gasteiger partial charge in [-0.05, 0) is 36.5 Å². The van der Waals surface area contributed by atoms with Crippen molar-refractivity contribution in [2.24, 2.45) is 5.92 Å². The van der Waals surface area contributed by atoms with Gasteiger partial charge in [-0.3, -0.25) is 0 Å². The second-order valence-electron chi connectivity index (χ2n) is 3.89. The Morgan fingerprint density at radius 1 is 1.47 bits per heavy atom. The zero-order chi connectivity index (χ0) is 11.4. The van der Waals surface area contributed by atoms with E-state index in [4.69, 9.17) is 11.6 Å². The van der Waals surface area contributed by atoms with Gasteiger partial charge in [0.25, 0.3) is 0 Å². The molecule has 2 atom stereocenters. The minimum Gasteiger partial charge on any atom is -0.393 e. The number of aliphatic hydroxyl groups is 1. The van der Waals surface area contributed by atoms with Crippen LogP contribution in [-0.4, -0.2) is 11.2 Å². The lowest BCUT2D eigenvalue weighted by molar-refractivity contribution is 0.113. The van der Waals surface area contributed by atoms with Gasteiger partial charge in [0, 0.05) is 9.50 Å². The first-order chi connectivity index (χ1) is 7.04. The Kier molecular flexibility index (Phi) is 5.10. The van der Waals surface area contributed by atoms with E-state index in [0.717, 1.165) is 27.9 Å². The molecule has 84 valence electrons. The maximum Gasteiger partial charge on any atom is 0.0566 e. The SMILES string of the molecule is CCC(O)C(C)Cc1ccc(Br)cc1Cl. The van der Waals surface area contributed by atoms with Crippen LogP contribution in [0, 0.1) is 5.92 Å². The quantitative estimate of drug-likeness (QED) is 0.887. The minimum atomic E-state index is -0.246. The fourth-order valence-corrected chi connectivity index (χ4v) is 2.32. The lowest BCUT2D eigenvalue weighted by atomic mass is 9.94. The number of benzene rings is 1. The summed E-state index contributed by atoms with van der Waals surface area (Å²) < 4.78 is 0.986. The standard InChI is InChI=1S/C12H16BrClO/c1-3-12(15)8(2)6-9-4-5-10(13)7-11(9)14/h4-5,7-8,12,15H,3,6H2,1-2H3. The molecule has 0 aromatic heterocycles. The van der Waals surface area contributed by atoms with Gasteiger partial charge in [0.2, 0.25) is 0 Å². The van der Waals surface area contributed by atoms with E-state index < -0.39 is 0 Å². The molecule has 0 spiro atoms. The summed E-state index contributed by atoms with van der Waals surface area (Å²) in [5, 5.41) is 10.4. The van der Waals surface area contributed by atoms with Crippen molar-refractivity contribution in [3.63, 3.8) is 0 Å². The van der Waals surface area contributed by atoms with Crippen molar-refractivity contribution in [1.82, 2.24) is 0 Å². The monoisotopic (exact) mass is 290 g/mol. The van der Waals surface area contributed by atoms with Crippen molar-refractivity contribution in [1.29, 1.82) is 0 Å². The molecule has 0 saturated carbocycles. The molecule has 0 fully saturated rings. The maximum absolute atomic E-state index is 9.68. The van der Waals surface area contributed by atoms with E-state index >= 15 is 0 Å². The normalized spacial score (nSPS) is 15.0. The van der Waals surface area contributed by atoms with E-state index in [2.05, 4.69) is 15.9 Å². The summed E-state index contributed by atoms with van der Waals surface area (Å²) in [5.74, 6) is 0.244. The number of aliphatic hydroxyl groups excluding tert-OH is 1. The molecule has 3 heteroatoms. The maximum atomic E-state index is 9.68. The molecular weight excluding hydrogens is 275 g/mol. The lowest BCUT2D eigenvalue weighted by Gasteiger charge is -2.17. The molecule has 0 bridgehead atoms. The summed E-state index contributed by atoms with van der Waals surface area (Å²) in [6, 6.07) is 5.87. The van der Waals surface area contributed by atoms with Crippen LogP contribution in [0.1, 0.15) is 25.8 Å². The second kappa shape index (κ2) is 5.88. The summed E-state index contributed by atoms with van der Waals surface area (Å²) in [6.07, 6.45) is 1.36. The first-order valence-corrected chi connectivity index (χ1v) is 6.33. The molecule has 0 aliphatic heterocycles. The molecule has 1 nitrogen and oxygen atoms in total. The third-order valence-electron chi connectivity index (χ3n) is 2.63. The molecule has 1 N–H and O–H groups in total. The van der Waals surface area contributed by atoms with E-state index in [1.165, 1.54) is 0 Å². The largest absolute Gasteiger partial charge is 0.393 e. The van der Waals surface area contributed by atoms with Gasteiger partial charge in [-0.1, -0.05) is 47.4 Å². The van der Waals surface area contributed by atoms with E-state index in [0.29, 0.717) is 0 Å². The third kappa shape index (κ3) is 3.78. The van der Waals surface area contributed by atoms with Crippen LogP contribution in [0.15, 0.2) is 22.7 Å². The fraction of sp³-hybridized carbons (Fsp3) is 0.500. The van der Waals surface area contributed by atoms with Gasteiger partial charge in [0.1, 0.15) is 0 Å². The molecule has 1 aromatic rings. The highest BCUT2D eigenvalue weighted by atomic mass is 79.9. The van der Waals surface area contributed by atoms with Gasteiger partial charge < -0.3 is 5.11 Å². The number of rotatable bonds is 4. The molecule has 0 radical (unpaired) electrons. The summed E-state index contributed by atoms with van der Waals surface area (Å²) >= 11 is 9.48. The average Bonchev–Trinajstić information content (AvgIpc) is 2.20. The van der Waals surface area contributed by atoms with Gasteiger partial charge >= 0.3 is 0 Å². The van der Waals surface area contributed by atoms with Gasteiger partial charge in [0.15, 0.2) is 0 Å². The molecule has 0 aliphatic carbocycles. The van der Waals surface area contributed by atoms with E-state index in [9.17, 15) is 5.11 Å². The summed E-state index contributed by atoms with van der Waals surface area (Å²) in [5.41, 5.74) is 1.10. The van der Waals surface area contributed by atoms with Crippen LogP contribution >= 0.6 is 27.5 Å². The second-order valence-corrected chi connectivity index (χ2v) is 5.22. The highest BCUT2D eigenvalue weighted by Gasteiger charge is 2.14. The molecule has 2 unspecified atom stereocenters. The third-order valence-corrected chi connectivity index (χ3v) is 3.48. The minimum absolute atomic E-state index is 0.244. The molecular formula is C12H16BrClO. The zero-order valence-corrected chi connectivity index (χ0v) is 11.3. The number of hydrogen-bond acceptors (Lipinski definition) is 1. The topological polar surface area (TPSA) is 20.2 Å². The Morgan fingerprint density at radius 3 is 2.67 bits per heavy atom. The lowest BCUT2D eigenvalue weighted by Crippen LogP contribution is -2.18. The van der Waals surface area contributed by atoms with Crippen molar-refractivity contribution in [2.75, 3.05) is 0 Å². The van der Waals surface area contributed by atoms with Crippen LogP contribution in [0.25, 0.3) is 0 Å². The molecule has 1 aromatic carbocycles. The van der Waals surface area contributed by atoms with Crippen LogP contribution in [0.2, 0.25) is 5.02 Å². The Balaban J connectivity index is 2.72. The van der Waals surface area contributed by atoms with E-state index in [-0.39, 0.29) is 12.0 Å².